The van der Waals surface area contributed by atoms with Crippen molar-refractivity contribution in [1.29, 1.82) is 0 Å². The van der Waals surface area contributed by atoms with Gasteiger partial charge >= 0.3 is 0 Å². The summed E-state index contributed by atoms with van der Waals surface area (Å²) in [5, 5.41) is 3.49. The Labute approximate surface area is 117 Å². The van der Waals surface area contributed by atoms with Crippen LogP contribution >= 0.6 is 0 Å². The molecular formula is C16H27N3. The van der Waals surface area contributed by atoms with Crippen LogP contribution in [0.25, 0.3) is 0 Å². The minimum Gasteiger partial charge on any atom is -0.368 e. The van der Waals surface area contributed by atoms with E-state index in [0.29, 0.717) is 12.0 Å². The summed E-state index contributed by atoms with van der Waals surface area (Å²) >= 11 is 0. The predicted molar refractivity (Wildman–Crippen MR) is 81.4 cm³/mol. The first-order valence-corrected chi connectivity index (χ1v) is 7.64. The Hall–Kier alpha value is -1.09. The largest absolute Gasteiger partial charge is 0.368 e. The highest BCUT2D eigenvalue weighted by Gasteiger charge is 2.28. The number of nitrogens with zero attached hydrogens (tertiary/aromatic N) is 2. The van der Waals surface area contributed by atoms with Crippen LogP contribution in [0.4, 0.5) is 5.69 Å². The van der Waals surface area contributed by atoms with Gasteiger partial charge in [0, 0.05) is 42.8 Å². The highest BCUT2D eigenvalue weighted by Crippen LogP contribution is 2.31. The molecule has 0 aliphatic carbocycles. The molecule has 1 unspecified atom stereocenters. The fourth-order valence-electron chi connectivity index (χ4n) is 3.02. The molecule has 0 saturated carbocycles. The van der Waals surface area contributed by atoms with E-state index in [1.165, 1.54) is 37.1 Å². The monoisotopic (exact) mass is 261 g/mol. The van der Waals surface area contributed by atoms with E-state index in [4.69, 9.17) is 0 Å². The molecule has 0 bridgehead atoms. The minimum absolute atomic E-state index is 0.687. The maximum absolute atomic E-state index is 4.30. The van der Waals surface area contributed by atoms with Crippen molar-refractivity contribution in [3.05, 3.63) is 24.0 Å². The number of aromatic nitrogens is 1. The third-order valence-electron chi connectivity index (χ3n) is 4.00. The molecule has 1 aromatic heterocycles. The topological polar surface area (TPSA) is 28.2 Å². The second kappa shape index (κ2) is 6.90. The Morgan fingerprint density at radius 3 is 3.05 bits per heavy atom. The van der Waals surface area contributed by atoms with Gasteiger partial charge in [-0.25, -0.2) is 0 Å². The van der Waals surface area contributed by atoms with Gasteiger partial charge in [-0.15, -0.1) is 0 Å². The molecule has 1 aromatic rings. The van der Waals surface area contributed by atoms with Gasteiger partial charge in [0.1, 0.15) is 0 Å². The molecule has 3 heteroatoms. The van der Waals surface area contributed by atoms with E-state index in [1.807, 2.05) is 12.4 Å². The number of rotatable bonds is 6. The number of anilines is 1. The van der Waals surface area contributed by atoms with Gasteiger partial charge in [0.05, 0.1) is 0 Å². The van der Waals surface area contributed by atoms with Gasteiger partial charge in [-0.3, -0.25) is 4.98 Å². The summed E-state index contributed by atoms with van der Waals surface area (Å²) in [6.07, 6.45) is 7.75. The van der Waals surface area contributed by atoms with Crippen LogP contribution in [0.1, 0.15) is 45.6 Å². The first-order valence-electron chi connectivity index (χ1n) is 7.64. The average molecular weight is 261 g/mol. The minimum atomic E-state index is 0.687. The zero-order valence-electron chi connectivity index (χ0n) is 12.5. The first-order chi connectivity index (χ1) is 9.24. The molecule has 19 heavy (non-hydrogen) atoms. The second-order valence-electron chi connectivity index (χ2n) is 5.83. The lowest BCUT2D eigenvalue weighted by atomic mass is 10.0. The van der Waals surface area contributed by atoms with Gasteiger partial charge in [-0.1, -0.05) is 20.8 Å². The van der Waals surface area contributed by atoms with Crippen molar-refractivity contribution in [1.82, 2.24) is 10.3 Å². The number of hydrogen-bond acceptors (Lipinski definition) is 3. The Morgan fingerprint density at radius 1 is 1.47 bits per heavy atom. The SMILES string of the molecule is CCCNCc1cnccc1N1CCCC1C(C)C. The molecule has 1 N–H and O–H groups in total. The summed E-state index contributed by atoms with van der Waals surface area (Å²) < 4.78 is 0. The van der Waals surface area contributed by atoms with Gasteiger partial charge in [-0.05, 0) is 37.8 Å². The molecular weight excluding hydrogens is 234 g/mol. The van der Waals surface area contributed by atoms with Crippen molar-refractivity contribution < 1.29 is 0 Å². The molecule has 0 aromatic carbocycles. The number of nitrogens with one attached hydrogen (secondary N) is 1. The summed E-state index contributed by atoms with van der Waals surface area (Å²) in [4.78, 5) is 6.89. The van der Waals surface area contributed by atoms with Crippen LogP contribution in [-0.2, 0) is 6.54 Å². The van der Waals surface area contributed by atoms with E-state index in [1.54, 1.807) is 0 Å². The van der Waals surface area contributed by atoms with E-state index in [2.05, 4.69) is 42.0 Å². The second-order valence-corrected chi connectivity index (χ2v) is 5.83. The fourth-order valence-corrected chi connectivity index (χ4v) is 3.02. The highest BCUT2D eigenvalue weighted by molar-refractivity contribution is 5.54. The van der Waals surface area contributed by atoms with E-state index in [-0.39, 0.29) is 0 Å². The van der Waals surface area contributed by atoms with E-state index < -0.39 is 0 Å². The van der Waals surface area contributed by atoms with Crippen LogP contribution in [0, 0.1) is 5.92 Å². The lowest BCUT2D eigenvalue weighted by Crippen LogP contribution is -2.34. The molecule has 2 rings (SSSR count). The fraction of sp³-hybridized carbons (Fsp3) is 0.688. The van der Waals surface area contributed by atoms with Crippen molar-refractivity contribution >= 4 is 5.69 Å². The smallest absolute Gasteiger partial charge is 0.0445 e. The molecule has 1 atom stereocenters. The molecule has 3 nitrogen and oxygen atoms in total. The van der Waals surface area contributed by atoms with Crippen LogP contribution in [0.15, 0.2) is 18.5 Å². The zero-order valence-corrected chi connectivity index (χ0v) is 12.5. The van der Waals surface area contributed by atoms with Gasteiger partial charge < -0.3 is 10.2 Å². The predicted octanol–water partition coefficient (Wildman–Crippen LogP) is 3.21. The Kier molecular flexibility index (Phi) is 5.20. The van der Waals surface area contributed by atoms with E-state index in [9.17, 15) is 0 Å². The first kappa shape index (κ1) is 14.3. The molecule has 1 fully saturated rings. The Bertz CT molecular complexity index is 389. The summed E-state index contributed by atoms with van der Waals surface area (Å²) in [5.41, 5.74) is 2.72. The molecule has 0 spiro atoms. The number of pyridine rings is 1. The normalized spacial score (nSPS) is 19.4. The highest BCUT2D eigenvalue weighted by atomic mass is 15.2. The van der Waals surface area contributed by atoms with Crippen molar-refractivity contribution in [3.8, 4) is 0 Å². The van der Waals surface area contributed by atoms with E-state index in [0.717, 1.165) is 13.1 Å². The molecule has 1 aliphatic heterocycles. The summed E-state index contributed by atoms with van der Waals surface area (Å²) in [5.74, 6) is 0.715. The van der Waals surface area contributed by atoms with Gasteiger partial charge in [0.2, 0.25) is 0 Å². The zero-order chi connectivity index (χ0) is 13.7. The number of hydrogen-bond donors (Lipinski definition) is 1. The summed E-state index contributed by atoms with van der Waals surface area (Å²) in [6, 6.07) is 2.87. The van der Waals surface area contributed by atoms with Crippen molar-refractivity contribution in [2.24, 2.45) is 5.92 Å². The van der Waals surface area contributed by atoms with Gasteiger partial charge in [0.25, 0.3) is 0 Å². The summed E-state index contributed by atoms with van der Waals surface area (Å²) in [6.45, 7) is 10.1. The third kappa shape index (κ3) is 3.47. The van der Waals surface area contributed by atoms with Gasteiger partial charge in [0.15, 0.2) is 0 Å². The third-order valence-corrected chi connectivity index (χ3v) is 4.00. The lowest BCUT2D eigenvalue weighted by Gasteiger charge is -2.31. The average Bonchev–Trinajstić information content (AvgIpc) is 2.89. The van der Waals surface area contributed by atoms with Crippen LogP contribution in [0.5, 0.6) is 0 Å². The van der Waals surface area contributed by atoms with Crippen molar-refractivity contribution in [3.63, 3.8) is 0 Å². The van der Waals surface area contributed by atoms with Crippen LogP contribution in [-0.4, -0.2) is 24.1 Å². The lowest BCUT2D eigenvalue weighted by molar-refractivity contribution is 0.490. The Morgan fingerprint density at radius 2 is 2.32 bits per heavy atom. The molecule has 1 aliphatic rings. The van der Waals surface area contributed by atoms with Crippen molar-refractivity contribution in [2.45, 2.75) is 52.6 Å². The molecule has 0 radical (unpaired) electrons. The standard InChI is InChI=1S/C16H27N3/c1-4-8-17-11-14-12-18-9-7-16(14)19-10-5-6-15(19)13(2)3/h7,9,12-13,15,17H,4-6,8,10-11H2,1-3H3. The molecule has 106 valence electrons. The maximum atomic E-state index is 4.30. The van der Waals surface area contributed by atoms with E-state index >= 15 is 0 Å². The molecule has 2 heterocycles. The van der Waals surface area contributed by atoms with Crippen LogP contribution < -0.4 is 10.2 Å². The maximum Gasteiger partial charge on any atom is 0.0445 e. The molecule has 0 amide bonds. The van der Waals surface area contributed by atoms with Crippen LogP contribution in [0.2, 0.25) is 0 Å². The molecule has 1 saturated heterocycles. The van der Waals surface area contributed by atoms with Gasteiger partial charge in [-0.2, -0.15) is 0 Å². The summed E-state index contributed by atoms with van der Waals surface area (Å²) in [7, 11) is 0. The quantitative estimate of drug-likeness (QED) is 0.797. The van der Waals surface area contributed by atoms with Crippen LogP contribution in [0.3, 0.4) is 0 Å². The van der Waals surface area contributed by atoms with Crippen molar-refractivity contribution in [2.75, 3.05) is 18.0 Å². The Balaban J connectivity index is 2.14.